The van der Waals surface area contributed by atoms with Crippen molar-refractivity contribution >= 4 is 15.9 Å². The van der Waals surface area contributed by atoms with Crippen molar-refractivity contribution in [2.75, 3.05) is 14.1 Å². The first kappa shape index (κ1) is 18.9. The molecule has 0 spiro atoms. The summed E-state index contributed by atoms with van der Waals surface area (Å²) in [5, 5.41) is -0.283. The Kier molecular flexibility index (Phi) is 5.43. The molecule has 0 aliphatic heterocycles. The lowest BCUT2D eigenvalue weighted by Gasteiger charge is -2.16. The van der Waals surface area contributed by atoms with Gasteiger partial charge in [0.25, 0.3) is 15.9 Å². The zero-order chi connectivity index (χ0) is 19.4. The summed E-state index contributed by atoms with van der Waals surface area (Å²) in [4.78, 5) is 14.0. The van der Waals surface area contributed by atoms with E-state index in [-0.39, 0.29) is 16.8 Å². The van der Waals surface area contributed by atoms with Crippen molar-refractivity contribution in [2.45, 2.75) is 11.6 Å². The predicted molar refractivity (Wildman–Crippen MR) is 103 cm³/mol. The Morgan fingerprint density at radius 2 is 1.59 bits per heavy atom. The minimum atomic E-state index is -3.71. The van der Waals surface area contributed by atoms with E-state index in [2.05, 4.69) is 4.72 Å². The number of furan rings is 1. The molecule has 0 fully saturated rings. The second-order valence-corrected chi connectivity index (χ2v) is 7.87. The monoisotopic (exact) mass is 384 g/mol. The summed E-state index contributed by atoms with van der Waals surface area (Å²) in [5.41, 5.74) is 3.18. The molecule has 140 valence electrons. The van der Waals surface area contributed by atoms with Crippen LogP contribution in [0.2, 0.25) is 0 Å². The molecular formula is C20H20N2O4S. The number of rotatable bonds is 6. The van der Waals surface area contributed by atoms with Gasteiger partial charge in [0.05, 0.1) is 0 Å². The summed E-state index contributed by atoms with van der Waals surface area (Å²) in [6, 6.07) is 20.6. The van der Waals surface area contributed by atoms with Gasteiger partial charge in [-0.3, -0.25) is 4.79 Å². The van der Waals surface area contributed by atoms with Crippen LogP contribution in [0.4, 0.5) is 0 Å². The normalized spacial score (nSPS) is 11.3. The van der Waals surface area contributed by atoms with Crippen LogP contribution in [0.3, 0.4) is 0 Å². The van der Waals surface area contributed by atoms with Crippen LogP contribution in [0.15, 0.2) is 76.2 Å². The van der Waals surface area contributed by atoms with Crippen molar-refractivity contribution in [3.05, 3.63) is 78.1 Å². The van der Waals surface area contributed by atoms with Crippen molar-refractivity contribution in [3.8, 4) is 11.1 Å². The van der Waals surface area contributed by atoms with Crippen LogP contribution >= 0.6 is 0 Å². The third kappa shape index (κ3) is 4.27. The van der Waals surface area contributed by atoms with Crippen molar-refractivity contribution in [3.63, 3.8) is 0 Å². The molecule has 6 nitrogen and oxygen atoms in total. The molecule has 3 rings (SSSR count). The SMILES string of the molecule is CNS(=O)(=O)c1ccc(C(=O)N(C)Cc2ccc(-c3ccccc3)cc2)o1. The van der Waals surface area contributed by atoms with E-state index in [0.717, 1.165) is 16.7 Å². The molecule has 0 unspecified atom stereocenters. The van der Waals surface area contributed by atoms with E-state index in [1.807, 2.05) is 54.6 Å². The molecule has 0 bridgehead atoms. The average Bonchev–Trinajstić information content (AvgIpc) is 3.20. The predicted octanol–water partition coefficient (Wildman–Crippen LogP) is 3.13. The lowest BCUT2D eigenvalue weighted by atomic mass is 10.0. The molecule has 0 saturated heterocycles. The Morgan fingerprint density at radius 1 is 0.963 bits per heavy atom. The van der Waals surface area contributed by atoms with Crippen molar-refractivity contribution < 1.29 is 17.6 Å². The second kappa shape index (κ2) is 7.77. The molecule has 0 radical (unpaired) electrons. The molecule has 1 N–H and O–H groups in total. The third-order valence-corrected chi connectivity index (χ3v) is 5.44. The summed E-state index contributed by atoms with van der Waals surface area (Å²) in [6.45, 7) is 0.378. The molecule has 27 heavy (non-hydrogen) atoms. The summed E-state index contributed by atoms with van der Waals surface area (Å²) in [6.07, 6.45) is 0. The van der Waals surface area contributed by atoms with Crippen molar-refractivity contribution in [1.29, 1.82) is 0 Å². The van der Waals surface area contributed by atoms with Crippen molar-refractivity contribution in [1.82, 2.24) is 9.62 Å². The third-order valence-electron chi connectivity index (χ3n) is 4.15. The maximum absolute atomic E-state index is 12.5. The quantitative estimate of drug-likeness (QED) is 0.708. The number of amides is 1. The Bertz CT molecular complexity index is 1030. The number of sulfonamides is 1. The largest absolute Gasteiger partial charge is 0.438 e. The summed E-state index contributed by atoms with van der Waals surface area (Å²) < 4.78 is 30.8. The van der Waals surface area contributed by atoms with E-state index in [4.69, 9.17) is 4.42 Å². The Hall–Kier alpha value is -2.90. The molecule has 2 aromatic carbocycles. The highest BCUT2D eigenvalue weighted by Gasteiger charge is 2.21. The van der Waals surface area contributed by atoms with Gasteiger partial charge in [0.15, 0.2) is 5.76 Å². The van der Waals surface area contributed by atoms with Gasteiger partial charge in [-0.05, 0) is 35.9 Å². The first-order valence-corrected chi connectivity index (χ1v) is 9.82. The minimum Gasteiger partial charge on any atom is -0.438 e. The molecular weight excluding hydrogens is 364 g/mol. The number of benzene rings is 2. The average molecular weight is 384 g/mol. The van der Waals surface area contributed by atoms with Crippen LogP contribution < -0.4 is 4.72 Å². The van der Waals surface area contributed by atoms with Gasteiger partial charge in [0.2, 0.25) is 5.09 Å². The lowest BCUT2D eigenvalue weighted by Crippen LogP contribution is -2.25. The van der Waals surface area contributed by atoms with Crippen LogP contribution in [0.25, 0.3) is 11.1 Å². The van der Waals surface area contributed by atoms with E-state index < -0.39 is 10.0 Å². The van der Waals surface area contributed by atoms with Gasteiger partial charge in [0, 0.05) is 13.6 Å². The first-order valence-electron chi connectivity index (χ1n) is 8.34. The first-order chi connectivity index (χ1) is 12.9. The lowest BCUT2D eigenvalue weighted by molar-refractivity contribution is 0.0747. The molecule has 1 heterocycles. The van der Waals surface area contributed by atoms with Gasteiger partial charge in [-0.1, -0.05) is 54.6 Å². The van der Waals surface area contributed by atoms with E-state index in [9.17, 15) is 13.2 Å². The molecule has 1 amide bonds. The molecule has 0 atom stereocenters. The maximum atomic E-state index is 12.5. The Balaban J connectivity index is 1.70. The van der Waals surface area contributed by atoms with Crippen LogP contribution in [0, 0.1) is 0 Å². The molecule has 0 aliphatic rings. The minimum absolute atomic E-state index is 0.0211. The van der Waals surface area contributed by atoms with E-state index in [1.54, 1.807) is 7.05 Å². The van der Waals surface area contributed by atoms with Gasteiger partial charge in [-0.2, -0.15) is 0 Å². The highest BCUT2D eigenvalue weighted by molar-refractivity contribution is 7.89. The van der Waals surface area contributed by atoms with Crippen LogP contribution in [-0.4, -0.2) is 33.3 Å². The molecule has 1 aromatic heterocycles. The highest BCUT2D eigenvalue weighted by Crippen LogP contribution is 2.20. The molecule has 7 heteroatoms. The number of carbonyl (C=O) groups excluding carboxylic acids is 1. The van der Waals surface area contributed by atoms with E-state index in [0.29, 0.717) is 6.54 Å². The fourth-order valence-corrected chi connectivity index (χ4v) is 3.29. The number of nitrogens with one attached hydrogen (secondary N) is 1. The zero-order valence-electron chi connectivity index (χ0n) is 15.0. The second-order valence-electron chi connectivity index (χ2n) is 6.05. The highest BCUT2D eigenvalue weighted by atomic mass is 32.2. The smallest absolute Gasteiger partial charge is 0.289 e. The van der Waals surface area contributed by atoms with Gasteiger partial charge in [0.1, 0.15) is 0 Å². The number of hydrogen-bond donors (Lipinski definition) is 1. The summed E-state index contributed by atoms with van der Waals surface area (Å²) in [7, 11) is -0.791. The fraction of sp³-hybridized carbons (Fsp3) is 0.150. The number of hydrogen-bond acceptors (Lipinski definition) is 4. The van der Waals surface area contributed by atoms with Crippen LogP contribution in [0.5, 0.6) is 0 Å². The van der Waals surface area contributed by atoms with Gasteiger partial charge in [-0.15, -0.1) is 0 Å². The molecule has 3 aromatic rings. The van der Waals surface area contributed by atoms with Crippen LogP contribution in [-0.2, 0) is 16.6 Å². The Morgan fingerprint density at radius 3 is 2.22 bits per heavy atom. The summed E-state index contributed by atoms with van der Waals surface area (Å²) >= 11 is 0. The number of carbonyl (C=O) groups is 1. The summed E-state index contributed by atoms with van der Waals surface area (Å²) in [5.74, 6) is -0.410. The molecule has 0 aliphatic carbocycles. The van der Waals surface area contributed by atoms with Gasteiger partial charge in [-0.25, -0.2) is 13.1 Å². The van der Waals surface area contributed by atoms with Crippen LogP contribution in [0.1, 0.15) is 16.1 Å². The number of nitrogens with zero attached hydrogens (tertiary/aromatic N) is 1. The van der Waals surface area contributed by atoms with E-state index >= 15 is 0 Å². The maximum Gasteiger partial charge on any atom is 0.289 e. The fourth-order valence-electron chi connectivity index (χ4n) is 2.65. The van der Waals surface area contributed by atoms with Gasteiger partial charge < -0.3 is 9.32 Å². The van der Waals surface area contributed by atoms with E-state index in [1.165, 1.54) is 24.1 Å². The van der Waals surface area contributed by atoms with Gasteiger partial charge >= 0.3 is 0 Å². The standard InChI is InChI=1S/C20H20N2O4S/c1-21-27(24,25)19-13-12-18(26-19)20(23)22(2)14-15-8-10-17(11-9-15)16-6-4-3-5-7-16/h3-13,21H,14H2,1-2H3. The zero-order valence-corrected chi connectivity index (χ0v) is 15.9. The van der Waals surface area contributed by atoms with Crippen molar-refractivity contribution in [2.24, 2.45) is 0 Å². The Labute approximate surface area is 158 Å². The topological polar surface area (TPSA) is 79.6 Å². The molecule has 0 saturated carbocycles.